The van der Waals surface area contributed by atoms with Gasteiger partial charge >= 0.3 is 11.6 Å². The smallest absolute Gasteiger partial charge is 0.340 e. The van der Waals surface area contributed by atoms with Crippen molar-refractivity contribution >= 4 is 21.1 Å². The van der Waals surface area contributed by atoms with E-state index < -0.39 is 33.0 Å². The predicted molar refractivity (Wildman–Crippen MR) is 112 cm³/mol. The Morgan fingerprint density at radius 1 is 1.12 bits per heavy atom. The van der Waals surface area contributed by atoms with Gasteiger partial charge < -0.3 is 9.15 Å². The van der Waals surface area contributed by atoms with E-state index in [1.807, 2.05) is 0 Å². The van der Waals surface area contributed by atoms with Crippen LogP contribution in [-0.4, -0.2) is 27.9 Å². The number of nitrogens with zero attached hydrogens (tertiary/aromatic N) is 3. The van der Waals surface area contributed by atoms with Gasteiger partial charge in [0.15, 0.2) is 0 Å². The minimum Gasteiger partial charge on any atom is -0.424 e. The molecule has 11 heteroatoms. The summed E-state index contributed by atoms with van der Waals surface area (Å²) in [5.74, 6) is -1.50. The number of hydrogen-bond donors (Lipinski definition) is 1. The lowest BCUT2D eigenvalue weighted by molar-refractivity contribution is 0.440. The van der Waals surface area contributed by atoms with Crippen LogP contribution < -0.4 is 10.4 Å². The van der Waals surface area contributed by atoms with Crippen LogP contribution in [0.5, 0.6) is 11.8 Å². The Morgan fingerprint density at radius 3 is 2.59 bits per heavy atom. The third-order valence-corrected chi connectivity index (χ3v) is 5.38. The normalized spacial score (nSPS) is 11.6. The molecule has 0 radical (unpaired) electrons. The van der Waals surface area contributed by atoms with Crippen molar-refractivity contribution in [2.75, 3.05) is 0 Å². The first kappa shape index (κ1) is 21.5. The SMILES string of the molecule is Cc1c(Cc2ccnc(CS(=O)(=O)O)c2F)c(=O)oc2cc(Oc3ncccn3)ccc12. The first-order valence-electron chi connectivity index (χ1n) is 9.30. The summed E-state index contributed by atoms with van der Waals surface area (Å²) in [5, 5.41) is 0.619. The van der Waals surface area contributed by atoms with Crippen molar-refractivity contribution in [2.45, 2.75) is 19.1 Å². The summed E-state index contributed by atoms with van der Waals surface area (Å²) in [6.45, 7) is 1.70. The molecule has 0 bridgehead atoms. The fourth-order valence-corrected chi connectivity index (χ4v) is 3.77. The lowest BCUT2D eigenvalue weighted by Gasteiger charge is -2.11. The van der Waals surface area contributed by atoms with E-state index in [1.165, 1.54) is 30.7 Å². The van der Waals surface area contributed by atoms with Gasteiger partial charge in [0.05, 0.1) is 5.69 Å². The van der Waals surface area contributed by atoms with Crippen molar-refractivity contribution < 1.29 is 26.5 Å². The summed E-state index contributed by atoms with van der Waals surface area (Å²) in [6.07, 6.45) is 4.12. The molecule has 0 spiro atoms. The van der Waals surface area contributed by atoms with Crippen LogP contribution in [0.15, 0.2) is 58.1 Å². The second-order valence-corrected chi connectivity index (χ2v) is 8.37. The summed E-state index contributed by atoms with van der Waals surface area (Å²) in [7, 11) is -4.46. The van der Waals surface area contributed by atoms with E-state index in [4.69, 9.17) is 13.7 Å². The van der Waals surface area contributed by atoms with Gasteiger partial charge in [0.25, 0.3) is 10.1 Å². The molecule has 164 valence electrons. The van der Waals surface area contributed by atoms with Gasteiger partial charge in [0.1, 0.15) is 22.9 Å². The van der Waals surface area contributed by atoms with Gasteiger partial charge in [0.2, 0.25) is 0 Å². The molecule has 0 unspecified atom stereocenters. The van der Waals surface area contributed by atoms with Crippen molar-refractivity contribution in [3.05, 3.63) is 87.5 Å². The fourth-order valence-electron chi connectivity index (χ4n) is 3.22. The molecular weight excluding hydrogens is 441 g/mol. The Balaban J connectivity index is 1.69. The largest absolute Gasteiger partial charge is 0.424 e. The summed E-state index contributed by atoms with van der Waals surface area (Å²) >= 11 is 0. The first-order chi connectivity index (χ1) is 15.2. The molecule has 0 amide bonds. The van der Waals surface area contributed by atoms with Crippen molar-refractivity contribution in [2.24, 2.45) is 0 Å². The van der Waals surface area contributed by atoms with E-state index in [2.05, 4.69) is 15.0 Å². The maximum atomic E-state index is 14.7. The molecule has 0 fully saturated rings. The van der Waals surface area contributed by atoms with Gasteiger partial charge in [-0.05, 0) is 42.3 Å². The number of hydrogen-bond acceptors (Lipinski definition) is 8. The number of rotatable bonds is 6. The van der Waals surface area contributed by atoms with E-state index in [-0.39, 0.29) is 29.1 Å². The summed E-state index contributed by atoms with van der Waals surface area (Å²) in [4.78, 5) is 24.2. The highest BCUT2D eigenvalue weighted by Crippen LogP contribution is 2.27. The number of benzene rings is 1. The number of pyridine rings is 1. The molecule has 4 aromatic rings. The quantitative estimate of drug-likeness (QED) is 0.342. The van der Waals surface area contributed by atoms with E-state index in [1.54, 1.807) is 25.1 Å². The monoisotopic (exact) mass is 457 g/mol. The van der Waals surface area contributed by atoms with Crippen molar-refractivity contribution in [3.63, 3.8) is 0 Å². The average Bonchev–Trinajstić information content (AvgIpc) is 2.73. The second-order valence-electron chi connectivity index (χ2n) is 6.92. The van der Waals surface area contributed by atoms with Crippen LogP contribution in [-0.2, 0) is 22.3 Å². The molecule has 4 rings (SSSR count). The molecule has 0 aliphatic heterocycles. The standard InChI is InChI=1S/C21H16FN3O6S/c1-12-15-4-3-14(30-21-24-6-2-7-25-21)10-18(15)31-20(26)16(12)9-13-5-8-23-17(19(13)22)11-32(27,28)29/h2-8,10H,9,11H2,1H3,(H,27,28,29). The molecule has 0 aliphatic rings. The van der Waals surface area contributed by atoms with Gasteiger partial charge in [-0.3, -0.25) is 9.54 Å². The minimum absolute atomic E-state index is 0.0505. The number of ether oxygens (including phenoxy) is 1. The lowest BCUT2D eigenvalue weighted by Crippen LogP contribution is -2.13. The zero-order valence-electron chi connectivity index (χ0n) is 16.6. The van der Waals surface area contributed by atoms with Crippen LogP contribution in [0, 0.1) is 12.7 Å². The van der Waals surface area contributed by atoms with Crippen LogP contribution >= 0.6 is 0 Å². The summed E-state index contributed by atoms with van der Waals surface area (Å²) in [5.41, 5.74) is 0.00157. The first-order valence-corrected chi connectivity index (χ1v) is 10.9. The summed E-state index contributed by atoms with van der Waals surface area (Å²) in [6, 6.07) is 8.00. The zero-order chi connectivity index (χ0) is 22.9. The number of fused-ring (bicyclic) bond motifs is 1. The third-order valence-electron chi connectivity index (χ3n) is 4.74. The fraction of sp³-hybridized carbons (Fsp3) is 0.143. The van der Waals surface area contributed by atoms with Crippen LogP contribution in [0.3, 0.4) is 0 Å². The van der Waals surface area contributed by atoms with Gasteiger partial charge in [0, 0.05) is 42.0 Å². The molecule has 1 aromatic carbocycles. The van der Waals surface area contributed by atoms with Gasteiger partial charge in [-0.15, -0.1) is 0 Å². The van der Waals surface area contributed by atoms with Crippen LogP contribution in [0.1, 0.15) is 22.4 Å². The van der Waals surface area contributed by atoms with Crippen molar-refractivity contribution in [3.8, 4) is 11.8 Å². The number of halogens is 1. The molecule has 0 atom stereocenters. The molecular formula is C21H16FN3O6S. The Morgan fingerprint density at radius 2 is 1.88 bits per heavy atom. The Hall–Kier alpha value is -3.70. The van der Waals surface area contributed by atoms with Crippen molar-refractivity contribution in [1.29, 1.82) is 0 Å². The Kier molecular flexibility index (Phi) is 5.68. The molecule has 9 nitrogen and oxygen atoms in total. The van der Waals surface area contributed by atoms with E-state index in [0.29, 0.717) is 16.7 Å². The number of aryl methyl sites for hydroxylation is 1. The van der Waals surface area contributed by atoms with E-state index in [9.17, 15) is 17.6 Å². The van der Waals surface area contributed by atoms with Crippen LogP contribution in [0.4, 0.5) is 4.39 Å². The topological polar surface area (TPSA) is 132 Å². The highest BCUT2D eigenvalue weighted by Gasteiger charge is 2.19. The summed E-state index contributed by atoms with van der Waals surface area (Å²) < 4.78 is 56.9. The zero-order valence-corrected chi connectivity index (χ0v) is 17.5. The van der Waals surface area contributed by atoms with Crippen LogP contribution in [0.2, 0.25) is 0 Å². The van der Waals surface area contributed by atoms with Gasteiger partial charge in [-0.25, -0.2) is 19.2 Å². The Bertz CT molecular complexity index is 1470. The maximum absolute atomic E-state index is 14.7. The third kappa shape index (κ3) is 4.63. The predicted octanol–water partition coefficient (Wildman–Crippen LogP) is 3.20. The molecule has 3 heterocycles. The molecule has 1 N–H and O–H groups in total. The minimum atomic E-state index is -4.46. The van der Waals surface area contributed by atoms with E-state index >= 15 is 0 Å². The van der Waals surface area contributed by atoms with Crippen molar-refractivity contribution in [1.82, 2.24) is 15.0 Å². The molecule has 32 heavy (non-hydrogen) atoms. The van der Waals surface area contributed by atoms with Gasteiger partial charge in [-0.2, -0.15) is 8.42 Å². The molecule has 3 aromatic heterocycles. The Labute approximate surface area is 181 Å². The highest BCUT2D eigenvalue weighted by atomic mass is 32.2. The maximum Gasteiger partial charge on any atom is 0.340 e. The van der Waals surface area contributed by atoms with E-state index in [0.717, 1.165) is 0 Å². The van der Waals surface area contributed by atoms with Gasteiger partial charge in [-0.1, -0.05) is 0 Å². The number of aromatic nitrogens is 3. The highest BCUT2D eigenvalue weighted by molar-refractivity contribution is 7.85. The van der Waals surface area contributed by atoms with Crippen LogP contribution in [0.25, 0.3) is 11.0 Å². The lowest BCUT2D eigenvalue weighted by atomic mass is 9.99. The molecule has 0 saturated carbocycles. The average molecular weight is 457 g/mol. The second kappa shape index (κ2) is 8.44. The molecule has 0 aliphatic carbocycles. The molecule has 0 saturated heterocycles.